The van der Waals surface area contributed by atoms with Gasteiger partial charge >= 0.3 is 0 Å². The van der Waals surface area contributed by atoms with Crippen molar-refractivity contribution in [1.29, 1.82) is 0 Å². The highest BCUT2D eigenvalue weighted by atomic mass is 32.2. The van der Waals surface area contributed by atoms with Gasteiger partial charge in [0, 0.05) is 30.2 Å². The van der Waals surface area contributed by atoms with Crippen LogP contribution >= 0.6 is 0 Å². The maximum absolute atomic E-state index is 11.8. The van der Waals surface area contributed by atoms with E-state index in [0.717, 1.165) is 18.6 Å². The molecule has 0 saturated heterocycles. The lowest BCUT2D eigenvalue weighted by molar-refractivity contribution is -0.114. The van der Waals surface area contributed by atoms with Gasteiger partial charge < -0.3 is 9.84 Å². The number of aromatic nitrogens is 1. The third-order valence-corrected chi connectivity index (χ3v) is 4.34. The van der Waals surface area contributed by atoms with Crippen molar-refractivity contribution in [2.75, 3.05) is 5.32 Å². The SMILES string of the molecule is CC(=O)Nc1ccc(-c2cc(C3CC3)on2)c(S(N)(=O)=O)c1. The van der Waals surface area contributed by atoms with Crippen molar-refractivity contribution in [3.63, 3.8) is 0 Å². The van der Waals surface area contributed by atoms with Crippen molar-refractivity contribution in [3.8, 4) is 11.3 Å². The molecule has 1 aromatic heterocycles. The van der Waals surface area contributed by atoms with E-state index in [1.54, 1.807) is 18.2 Å². The van der Waals surface area contributed by atoms with Crippen LogP contribution in [0.2, 0.25) is 0 Å². The van der Waals surface area contributed by atoms with Gasteiger partial charge in [0.15, 0.2) is 0 Å². The van der Waals surface area contributed by atoms with Gasteiger partial charge in [0.25, 0.3) is 0 Å². The van der Waals surface area contributed by atoms with Gasteiger partial charge in [0.2, 0.25) is 15.9 Å². The van der Waals surface area contributed by atoms with E-state index in [0.29, 0.717) is 22.9 Å². The van der Waals surface area contributed by atoms with E-state index in [1.165, 1.54) is 13.0 Å². The first-order valence-electron chi connectivity index (χ1n) is 6.76. The van der Waals surface area contributed by atoms with E-state index >= 15 is 0 Å². The Hall–Kier alpha value is -2.19. The molecule has 0 unspecified atom stereocenters. The Labute approximate surface area is 127 Å². The molecule has 1 aromatic carbocycles. The predicted octanol–water partition coefficient (Wildman–Crippen LogP) is 1.82. The second kappa shape index (κ2) is 5.22. The van der Waals surface area contributed by atoms with Crippen molar-refractivity contribution < 1.29 is 17.7 Å². The van der Waals surface area contributed by atoms with Crippen LogP contribution in [0.15, 0.2) is 33.7 Å². The Morgan fingerprint density at radius 2 is 2.09 bits per heavy atom. The Morgan fingerprint density at radius 1 is 1.36 bits per heavy atom. The van der Waals surface area contributed by atoms with Gasteiger partial charge in [0.1, 0.15) is 11.5 Å². The number of carbonyl (C=O) groups is 1. The predicted molar refractivity (Wildman–Crippen MR) is 79.6 cm³/mol. The number of nitrogens with one attached hydrogen (secondary N) is 1. The number of amides is 1. The maximum atomic E-state index is 11.8. The molecule has 0 bridgehead atoms. The minimum absolute atomic E-state index is 0.102. The summed E-state index contributed by atoms with van der Waals surface area (Å²) in [7, 11) is -3.97. The van der Waals surface area contributed by atoms with Crippen LogP contribution in [0, 0.1) is 0 Å². The number of carbonyl (C=O) groups excluding carboxylic acids is 1. The Bertz CT molecular complexity index is 838. The summed E-state index contributed by atoms with van der Waals surface area (Å²) in [6.07, 6.45) is 2.11. The summed E-state index contributed by atoms with van der Waals surface area (Å²) in [5.41, 5.74) is 1.12. The molecular weight excluding hydrogens is 306 g/mol. The second-order valence-corrected chi connectivity index (χ2v) is 6.86. The molecular formula is C14H15N3O4S. The van der Waals surface area contributed by atoms with E-state index in [9.17, 15) is 13.2 Å². The van der Waals surface area contributed by atoms with E-state index < -0.39 is 10.0 Å². The topological polar surface area (TPSA) is 115 Å². The number of anilines is 1. The summed E-state index contributed by atoms with van der Waals surface area (Å²) in [6, 6.07) is 6.20. The van der Waals surface area contributed by atoms with Crippen molar-refractivity contribution in [2.45, 2.75) is 30.6 Å². The molecule has 1 fully saturated rings. The first-order chi connectivity index (χ1) is 10.3. The number of primary sulfonamides is 1. The van der Waals surface area contributed by atoms with Crippen LogP contribution in [-0.2, 0) is 14.8 Å². The van der Waals surface area contributed by atoms with Crippen LogP contribution in [-0.4, -0.2) is 19.5 Å². The lowest BCUT2D eigenvalue weighted by Gasteiger charge is -2.08. The molecule has 0 radical (unpaired) electrons. The minimum Gasteiger partial charge on any atom is -0.360 e. The number of rotatable bonds is 4. The molecule has 3 rings (SSSR count). The normalized spacial score (nSPS) is 14.8. The van der Waals surface area contributed by atoms with Crippen molar-refractivity contribution in [1.82, 2.24) is 5.16 Å². The molecule has 7 nitrogen and oxygen atoms in total. The van der Waals surface area contributed by atoms with E-state index in [2.05, 4.69) is 10.5 Å². The van der Waals surface area contributed by atoms with Crippen molar-refractivity contribution >= 4 is 21.6 Å². The van der Waals surface area contributed by atoms with Gasteiger partial charge in [-0.05, 0) is 31.0 Å². The third kappa shape index (κ3) is 3.02. The smallest absolute Gasteiger partial charge is 0.238 e. The monoisotopic (exact) mass is 321 g/mol. The highest BCUT2D eigenvalue weighted by molar-refractivity contribution is 7.89. The number of nitrogens with zero attached hydrogens (tertiary/aromatic N) is 1. The average molecular weight is 321 g/mol. The largest absolute Gasteiger partial charge is 0.360 e. The summed E-state index contributed by atoms with van der Waals surface area (Å²) in [4.78, 5) is 11.0. The highest BCUT2D eigenvalue weighted by Crippen LogP contribution is 2.41. The Balaban J connectivity index is 2.06. The van der Waals surface area contributed by atoms with Crippen LogP contribution in [0.3, 0.4) is 0 Å². The van der Waals surface area contributed by atoms with Crippen LogP contribution in [0.5, 0.6) is 0 Å². The molecule has 0 spiro atoms. The molecule has 0 aliphatic heterocycles. The van der Waals surface area contributed by atoms with Gasteiger partial charge in [-0.1, -0.05) is 5.16 Å². The number of benzene rings is 1. The number of nitrogens with two attached hydrogens (primary N) is 1. The molecule has 2 aromatic rings. The van der Waals surface area contributed by atoms with E-state index in [1.807, 2.05) is 0 Å². The summed E-state index contributed by atoms with van der Waals surface area (Å²) in [6.45, 7) is 1.34. The highest BCUT2D eigenvalue weighted by Gasteiger charge is 2.29. The molecule has 1 aliphatic rings. The summed E-state index contributed by atoms with van der Waals surface area (Å²) in [5.74, 6) is 0.824. The lowest BCUT2D eigenvalue weighted by Crippen LogP contribution is -2.14. The standard InChI is InChI=1S/C14H15N3O4S/c1-8(18)16-10-4-5-11(14(6-10)22(15,19)20)12-7-13(21-17-12)9-2-3-9/h4-7,9H,2-3H2,1H3,(H,16,18)(H2,15,19,20). The molecule has 0 atom stereocenters. The van der Waals surface area contributed by atoms with Gasteiger partial charge in [-0.2, -0.15) is 0 Å². The Morgan fingerprint density at radius 3 is 2.68 bits per heavy atom. The zero-order valence-corrected chi connectivity index (χ0v) is 12.7. The van der Waals surface area contributed by atoms with Crippen LogP contribution in [0.4, 0.5) is 5.69 Å². The minimum atomic E-state index is -3.97. The third-order valence-electron chi connectivity index (χ3n) is 3.39. The van der Waals surface area contributed by atoms with Crippen molar-refractivity contribution in [3.05, 3.63) is 30.0 Å². The summed E-state index contributed by atoms with van der Waals surface area (Å²) < 4.78 is 28.9. The van der Waals surface area contributed by atoms with E-state index in [4.69, 9.17) is 9.66 Å². The molecule has 8 heteroatoms. The molecule has 1 aliphatic carbocycles. The Kier molecular flexibility index (Phi) is 3.50. The van der Waals surface area contributed by atoms with Crippen LogP contribution in [0.1, 0.15) is 31.4 Å². The first kappa shape index (κ1) is 14.7. The average Bonchev–Trinajstić information content (AvgIpc) is 3.15. The molecule has 116 valence electrons. The first-order valence-corrected chi connectivity index (χ1v) is 8.30. The van der Waals surface area contributed by atoms with E-state index in [-0.39, 0.29) is 10.8 Å². The van der Waals surface area contributed by atoms with Gasteiger partial charge in [0.05, 0.1) is 4.90 Å². The fraction of sp³-hybridized carbons (Fsp3) is 0.286. The molecule has 22 heavy (non-hydrogen) atoms. The zero-order chi connectivity index (χ0) is 15.9. The van der Waals surface area contributed by atoms with Gasteiger partial charge in [-0.25, -0.2) is 13.6 Å². The number of sulfonamides is 1. The quantitative estimate of drug-likeness (QED) is 0.891. The van der Waals surface area contributed by atoms with Crippen molar-refractivity contribution in [2.24, 2.45) is 5.14 Å². The van der Waals surface area contributed by atoms with Crippen LogP contribution in [0.25, 0.3) is 11.3 Å². The molecule has 1 heterocycles. The summed E-state index contributed by atoms with van der Waals surface area (Å²) in [5, 5.41) is 11.7. The maximum Gasteiger partial charge on any atom is 0.238 e. The molecule has 1 amide bonds. The fourth-order valence-corrected chi connectivity index (χ4v) is 3.00. The fourth-order valence-electron chi connectivity index (χ4n) is 2.23. The zero-order valence-electron chi connectivity index (χ0n) is 11.9. The number of hydrogen-bond acceptors (Lipinski definition) is 5. The van der Waals surface area contributed by atoms with Gasteiger partial charge in [-0.3, -0.25) is 4.79 Å². The number of hydrogen-bond donors (Lipinski definition) is 2. The molecule has 1 saturated carbocycles. The lowest BCUT2D eigenvalue weighted by atomic mass is 10.1. The summed E-state index contributed by atoms with van der Waals surface area (Å²) >= 11 is 0. The second-order valence-electron chi connectivity index (χ2n) is 5.33. The van der Waals surface area contributed by atoms with Crippen LogP contribution < -0.4 is 10.5 Å². The van der Waals surface area contributed by atoms with Gasteiger partial charge in [-0.15, -0.1) is 0 Å². The molecule has 3 N–H and O–H groups in total.